The Balaban J connectivity index is 1.20. The summed E-state index contributed by atoms with van der Waals surface area (Å²) in [7, 11) is 0. The Hall–Kier alpha value is -4.10. The topological polar surface area (TPSA) is 88.3 Å². The summed E-state index contributed by atoms with van der Waals surface area (Å²) in [6.45, 7) is 10.4. The molecule has 0 saturated carbocycles. The SMILES string of the molecule is Cc1cccc(-c2noc(CN3CCCC(C(=O)Nc4cccc(C(=O)c5ccc(C(C)(C)C)cc5)c4)C3)n2)c1. The average molecular weight is 537 g/mol. The van der Waals surface area contributed by atoms with Gasteiger partial charge in [0.25, 0.3) is 0 Å². The molecule has 40 heavy (non-hydrogen) atoms. The number of carbonyl (C=O) groups excluding carboxylic acids is 2. The first-order valence-corrected chi connectivity index (χ1v) is 13.8. The molecule has 0 spiro atoms. The highest BCUT2D eigenvalue weighted by Gasteiger charge is 2.27. The number of aromatic nitrogens is 2. The van der Waals surface area contributed by atoms with Crippen molar-refractivity contribution in [3.05, 3.63) is 101 Å². The first-order valence-electron chi connectivity index (χ1n) is 13.8. The van der Waals surface area contributed by atoms with Crippen LogP contribution in [-0.4, -0.2) is 39.8 Å². The fraction of sp³-hybridized carbons (Fsp3) is 0.333. The molecule has 1 unspecified atom stereocenters. The van der Waals surface area contributed by atoms with Crippen LogP contribution in [0.1, 0.15) is 66.6 Å². The fourth-order valence-electron chi connectivity index (χ4n) is 5.10. The van der Waals surface area contributed by atoms with Gasteiger partial charge in [-0.15, -0.1) is 0 Å². The number of benzene rings is 3. The first kappa shape index (κ1) is 27.5. The van der Waals surface area contributed by atoms with E-state index in [1.807, 2.05) is 61.5 Å². The molecule has 5 rings (SSSR count). The Morgan fingerprint density at radius 2 is 1.77 bits per heavy atom. The zero-order valence-electron chi connectivity index (χ0n) is 23.6. The summed E-state index contributed by atoms with van der Waals surface area (Å²) >= 11 is 0. The van der Waals surface area contributed by atoms with Crippen molar-refractivity contribution in [2.24, 2.45) is 5.92 Å². The second-order valence-corrected chi connectivity index (χ2v) is 11.7. The largest absolute Gasteiger partial charge is 0.338 e. The number of piperidine rings is 1. The third-order valence-electron chi connectivity index (χ3n) is 7.38. The molecule has 3 aromatic carbocycles. The van der Waals surface area contributed by atoms with Gasteiger partial charge in [-0.25, -0.2) is 0 Å². The average Bonchev–Trinajstić information content (AvgIpc) is 3.41. The maximum absolute atomic E-state index is 13.2. The van der Waals surface area contributed by atoms with E-state index < -0.39 is 0 Å². The lowest BCUT2D eigenvalue weighted by molar-refractivity contribution is -0.121. The number of aryl methyl sites for hydroxylation is 1. The Morgan fingerprint density at radius 3 is 2.52 bits per heavy atom. The van der Waals surface area contributed by atoms with E-state index in [1.54, 1.807) is 18.2 Å². The standard InChI is InChI=1S/C33H36N4O3/c1-22-8-5-10-25(18-22)31-35-29(40-36-31)21-37-17-7-11-26(20-37)32(39)34-28-12-6-9-24(19-28)30(38)23-13-15-27(16-14-23)33(2,3)4/h5-6,8-10,12-16,18-19,26H,7,11,17,20-21H2,1-4H3,(H,34,39). The van der Waals surface area contributed by atoms with Crippen LogP contribution in [-0.2, 0) is 16.8 Å². The zero-order chi connectivity index (χ0) is 28.3. The van der Waals surface area contributed by atoms with Gasteiger partial charge >= 0.3 is 0 Å². The number of amides is 1. The van der Waals surface area contributed by atoms with Crippen LogP contribution in [0.4, 0.5) is 5.69 Å². The van der Waals surface area contributed by atoms with Gasteiger partial charge in [-0.2, -0.15) is 4.98 Å². The van der Waals surface area contributed by atoms with E-state index in [-0.39, 0.29) is 23.0 Å². The van der Waals surface area contributed by atoms with Crippen molar-refractivity contribution in [2.45, 2.75) is 52.5 Å². The van der Waals surface area contributed by atoms with Crippen LogP contribution in [0.15, 0.2) is 77.3 Å². The summed E-state index contributed by atoms with van der Waals surface area (Å²) in [5, 5.41) is 7.18. The minimum Gasteiger partial charge on any atom is -0.338 e. The first-order chi connectivity index (χ1) is 19.2. The van der Waals surface area contributed by atoms with E-state index in [0.29, 0.717) is 41.6 Å². The molecule has 4 aromatic rings. The molecule has 0 bridgehead atoms. The normalized spacial score (nSPS) is 16.1. The van der Waals surface area contributed by atoms with E-state index in [2.05, 4.69) is 41.1 Å². The van der Waals surface area contributed by atoms with Crippen LogP contribution in [0.5, 0.6) is 0 Å². The third-order valence-corrected chi connectivity index (χ3v) is 7.38. The summed E-state index contributed by atoms with van der Waals surface area (Å²) in [4.78, 5) is 33.1. The maximum atomic E-state index is 13.2. The van der Waals surface area contributed by atoms with Crippen molar-refractivity contribution in [2.75, 3.05) is 18.4 Å². The van der Waals surface area contributed by atoms with E-state index in [1.165, 1.54) is 5.56 Å². The molecule has 1 N–H and O–H groups in total. The number of hydrogen-bond acceptors (Lipinski definition) is 6. The molecule has 1 fully saturated rings. The van der Waals surface area contributed by atoms with Gasteiger partial charge in [-0.3, -0.25) is 14.5 Å². The summed E-state index contributed by atoms with van der Waals surface area (Å²) in [5.41, 5.74) is 5.07. The summed E-state index contributed by atoms with van der Waals surface area (Å²) in [6, 6.07) is 22.9. The molecule has 1 aromatic heterocycles. The van der Waals surface area contributed by atoms with Crippen molar-refractivity contribution in [1.29, 1.82) is 0 Å². The summed E-state index contributed by atoms with van der Waals surface area (Å²) < 4.78 is 5.51. The van der Waals surface area contributed by atoms with Gasteiger partial charge in [-0.1, -0.05) is 86.1 Å². The number of anilines is 1. The van der Waals surface area contributed by atoms with Crippen molar-refractivity contribution in [3.63, 3.8) is 0 Å². The number of nitrogens with zero attached hydrogens (tertiary/aromatic N) is 3. The van der Waals surface area contributed by atoms with Crippen LogP contribution >= 0.6 is 0 Å². The van der Waals surface area contributed by atoms with Crippen molar-refractivity contribution in [1.82, 2.24) is 15.0 Å². The van der Waals surface area contributed by atoms with Gasteiger partial charge < -0.3 is 9.84 Å². The molecule has 1 amide bonds. The van der Waals surface area contributed by atoms with E-state index in [9.17, 15) is 9.59 Å². The smallest absolute Gasteiger partial charge is 0.241 e. The molecule has 1 atom stereocenters. The van der Waals surface area contributed by atoms with Crippen molar-refractivity contribution >= 4 is 17.4 Å². The van der Waals surface area contributed by atoms with Crippen molar-refractivity contribution < 1.29 is 14.1 Å². The summed E-state index contributed by atoms with van der Waals surface area (Å²) in [6.07, 6.45) is 1.71. The Morgan fingerprint density at radius 1 is 1.00 bits per heavy atom. The quantitative estimate of drug-likeness (QED) is 0.274. The zero-order valence-corrected chi connectivity index (χ0v) is 23.6. The lowest BCUT2D eigenvalue weighted by Gasteiger charge is -2.30. The molecule has 7 nitrogen and oxygen atoms in total. The highest BCUT2D eigenvalue weighted by atomic mass is 16.5. The molecular weight excluding hydrogens is 500 g/mol. The van der Waals surface area contributed by atoms with Crippen LogP contribution in [0.25, 0.3) is 11.4 Å². The predicted molar refractivity (Wildman–Crippen MR) is 156 cm³/mol. The monoisotopic (exact) mass is 536 g/mol. The molecule has 1 saturated heterocycles. The van der Waals surface area contributed by atoms with Gasteiger partial charge in [0.2, 0.25) is 17.6 Å². The van der Waals surface area contributed by atoms with Crippen molar-refractivity contribution in [3.8, 4) is 11.4 Å². The van der Waals surface area contributed by atoms with E-state index in [4.69, 9.17) is 4.52 Å². The number of nitrogens with one attached hydrogen (secondary N) is 1. The molecule has 1 aliphatic heterocycles. The third kappa shape index (κ3) is 6.54. The molecule has 206 valence electrons. The van der Waals surface area contributed by atoms with Gasteiger partial charge in [0.05, 0.1) is 12.5 Å². The number of carbonyl (C=O) groups is 2. The molecule has 1 aliphatic rings. The number of ketones is 1. The maximum Gasteiger partial charge on any atom is 0.241 e. The highest BCUT2D eigenvalue weighted by Crippen LogP contribution is 2.25. The molecule has 7 heteroatoms. The second-order valence-electron chi connectivity index (χ2n) is 11.7. The van der Waals surface area contributed by atoms with Crippen LogP contribution in [0, 0.1) is 12.8 Å². The number of rotatable bonds is 7. The van der Waals surface area contributed by atoms with Gasteiger partial charge in [-0.05, 0) is 55.5 Å². The van der Waals surface area contributed by atoms with Crippen LogP contribution in [0.3, 0.4) is 0 Å². The minimum atomic E-state index is -0.169. The van der Waals surface area contributed by atoms with Gasteiger partial charge in [0.1, 0.15) is 0 Å². The molecular formula is C33H36N4O3. The molecule has 0 aliphatic carbocycles. The predicted octanol–water partition coefficient (Wildman–Crippen LogP) is 6.42. The minimum absolute atomic E-state index is 0.0239. The molecule has 2 heterocycles. The lowest BCUT2D eigenvalue weighted by Crippen LogP contribution is -2.40. The lowest BCUT2D eigenvalue weighted by atomic mass is 9.86. The Labute approximate surface area is 235 Å². The van der Waals surface area contributed by atoms with Crippen LogP contribution in [0.2, 0.25) is 0 Å². The Kier molecular flexibility index (Phi) is 7.94. The van der Waals surface area contributed by atoms with Gasteiger partial charge in [0, 0.05) is 28.9 Å². The highest BCUT2D eigenvalue weighted by molar-refractivity contribution is 6.09. The fourth-order valence-corrected chi connectivity index (χ4v) is 5.10. The summed E-state index contributed by atoms with van der Waals surface area (Å²) in [5.74, 6) is 0.834. The van der Waals surface area contributed by atoms with E-state index in [0.717, 1.165) is 30.5 Å². The molecule has 0 radical (unpaired) electrons. The second kappa shape index (κ2) is 11.6. The van der Waals surface area contributed by atoms with Gasteiger partial charge in [0.15, 0.2) is 5.78 Å². The number of hydrogen-bond donors (Lipinski definition) is 1. The van der Waals surface area contributed by atoms with Crippen LogP contribution < -0.4 is 5.32 Å². The number of likely N-dealkylation sites (tertiary alicyclic amines) is 1. The van der Waals surface area contributed by atoms with E-state index >= 15 is 0 Å². The Bertz CT molecular complexity index is 1500.